The first kappa shape index (κ1) is 15.2. The van der Waals surface area contributed by atoms with Gasteiger partial charge in [0.05, 0.1) is 0 Å². The van der Waals surface area contributed by atoms with Gasteiger partial charge in [0.1, 0.15) is 0 Å². The summed E-state index contributed by atoms with van der Waals surface area (Å²) in [6.45, 7) is 7.78. The maximum Gasteiger partial charge on any atom is 0.223 e. The monoisotopic (exact) mass is 258 g/mol. The van der Waals surface area contributed by atoms with E-state index < -0.39 is 0 Å². The van der Waals surface area contributed by atoms with Crippen LogP contribution in [0.5, 0.6) is 0 Å². The molecule has 0 saturated carbocycles. The predicted molar refractivity (Wildman–Crippen MR) is 79.5 cm³/mol. The molecule has 0 spiro atoms. The number of carbonyl (C=O) groups is 1. The molecule has 3 heteroatoms. The quantitative estimate of drug-likeness (QED) is 0.704. The van der Waals surface area contributed by atoms with Gasteiger partial charge in [-0.15, -0.1) is 13.2 Å². The zero-order chi connectivity index (χ0) is 14.1. The molecule has 0 fully saturated rings. The standard InChI is InChI=1S/C16H22N2O/c1-3-8-14(9-4-2)16(19)18-12-15(17)13-10-6-5-7-11-13/h3-7,10-11,14-15H,1-2,8-9,12,17H2,(H,18,19). The molecule has 0 aliphatic rings. The van der Waals surface area contributed by atoms with Crippen LogP contribution in [0.3, 0.4) is 0 Å². The topological polar surface area (TPSA) is 55.1 Å². The minimum absolute atomic E-state index is 0.00572. The SMILES string of the molecule is C=CCC(CC=C)C(=O)NCC(N)c1ccccc1. The van der Waals surface area contributed by atoms with Crippen LogP contribution in [0.1, 0.15) is 24.4 Å². The highest BCUT2D eigenvalue weighted by molar-refractivity contribution is 5.79. The minimum atomic E-state index is -0.182. The number of nitrogens with one attached hydrogen (secondary N) is 1. The maximum absolute atomic E-state index is 12.0. The van der Waals surface area contributed by atoms with Crippen LogP contribution in [0.2, 0.25) is 0 Å². The van der Waals surface area contributed by atoms with Crippen molar-refractivity contribution in [1.82, 2.24) is 5.32 Å². The van der Waals surface area contributed by atoms with Gasteiger partial charge in [-0.2, -0.15) is 0 Å². The smallest absolute Gasteiger partial charge is 0.223 e. The number of rotatable bonds is 8. The van der Waals surface area contributed by atoms with E-state index in [-0.39, 0.29) is 17.9 Å². The van der Waals surface area contributed by atoms with Gasteiger partial charge in [-0.3, -0.25) is 4.79 Å². The molecule has 3 nitrogen and oxygen atoms in total. The molecule has 19 heavy (non-hydrogen) atoms. The lowest BCUT2D eigenvalue weighted by Gasteiger charge is -2.17. The van der Waals surface area contributed by atoms with Crippen LogP contribution in [0.25, 0.3) is 0 Å². The van der Waals surface area contributed by atoms with E-state index >= 15 is 0 Å². The molecule has 0 bridgehead atoms. The molecule has 1 aromatic rings. The zero-order valence-electron chi connectivity index (χ0n) is 11.2. The van der Waals surface area contributed by atoms with E-state index in [0.29, 0.717) is 19.4 Å². The van der Waals surface area contributed by atoms with Gasteiger partial charge in [0.15, 0.2) is 0 Å². The summed E-state index contributed by atoms with van der Waals surface area (Å²) in [6, 6.07) is 9.56. The first-order valence-electron chi connectivity index (χ1n) is 6.49. The molecule has 1 atom stereocenters. The average molecular weight is 258 g/mol. The van der Waals surface area contributed by atoms with Crippen molar-refractivity contribution in [3.05, 3.63) is 61.2 Å². The second-order valence-electron chi connectivity index (χ2n) is 4.51. The highest BCUT2D eigenvalue weighted by Crippen LogP contribution is 2.12. The zero-order valence-corrected chi connectivity index (χ0v) is 11.2. The van der Waals surface area contributed by atoms with Crippen molar-refractivity contribution >= 4 is 5.91 Å². The van der Waals surface area contributed by atoms with Gasteiger partial charge in [0.2, 0.25) is 5.91 Å². The van der Waals surface area contributed by atoms with Crippen molar-refractivity contribution in [1.29, 1.82) is 0 Å². The molecule has 0 aromatic heterocycles. The average Bonchev–Trinajstić information content (AvgIpc) is 2.45. The van der Waals surface area contributed by atoms with E-state index in [4.69, 9.17) is 5.73 Å². The molecule has 1 rings (SSSR count). The predicted octanol–water partition coefficient (Wildman–Crippen LogP) is 2.57. The van der Waals surface area contributed by atoms with Crippen molar-refractivity contribution in [3.63, 3.8) is 0 Å². The molecule has 3 N–H and O–H groups in total. The van der Waals surface area contributed by atoms with Crippen molar-refractivity contribution in [2.75, 3.05) is 6.54 Å². The van der Waals surface area contributed by atoms with Crippen molar-refractivity contribution in [3.8, 4) is 0 Å². The molecule has 1 amide bonds. The maximum atomic E-state index is 12.0. The second-order valence-corrected chi connectivity index (χ2v) is 4.51. The van der Waals surface area contributed by atoms with Crippen LogP contribution in [0, 0.1) is 5.92 Å². The Bertz CT molecular complexity index is 404. The molecule has 0 saturated heterocycles. The number of carbonyl (C=O) groups excluding carboxylic acids is 1. The van der Waals surface area contributed by atoms with Crippen LogP contribution in [0.15, 0.2) is 55.6 Å². The summed E-state index contributed by atoms with van der Waals surface area (Å²) in [5.74, 6) is -0.0934. The summed E-state index contributed by atoms with van der Waals surface area (Å²) in [4.78, 5) is 12.0. The molecular weight excluding hydrogens is 236 g/mol. The number of benzene rings is 1. The molecule has 0 heterocycles. The fourth-order valence-corrected chi connectivity index (χ4v) is 1.89. The fourth-order valence-electron chi connectivity index (χ4n) is 1.89. The van der Waals surface area contributed by atoms with Gasteiger partial charge in [-0.05, 0) is 18.4 Å². The summed E-state index contributed by atoms with van der Waals surface area (Å²) >= 11 is 0. The lowest BCUT2D eigenvalue weighted by Crippen LogP contribution is -2.35. The minimum Gasteiger partial charge on any atom is -0.354 e. The summed E-state index contributed by atoms with van der Waals surface area (Å²) in [5.41, 5.74) is 7.06. The Labute approximate surface area is 115 Å². The van der Waals surface area contributed by atoms with Crippen LogP contribution in [0.4, 0.5) is 0 Å². The highest BCUT2D eigenvalue weighted by atomic mass is 16.1. The number of amides is 1. The second kappa shape index (κ2) is 8.27. The first-order chi connectivity index (χ1) is 9.19. The summed E-state index contributed by atoms with van der Waals surface area (Å²) < 4.78 is 0. The lowest BCUT2D eigenvalue weighted by atomic mass is 10.00. The van der Waals surface area contributed by atoms with E-state index in [1.54, 1.807) is 12.2 Å². The summed E-state index contributed by atoms with van der Waals surface area (Å²) in [7, 11) is 0. The summed E-state index contributed by atoms with van der Waals surface area (Å²) in [6.07, 6.45) is 4.81. The van der Waals surface area contributed by atoms with Gasteiger partial charge in [0.25, 0.3) is 0 Å². The van der Waals surface area contributed by atoms with Crippen molar-refractivity contribution < 1.29 is 4.79 Å². The Kier molecular flexibility index (Phi) is 6.61. The van der Waals surface area contributed by atoms with Crippen molar-refractivity contribution in [2.45, 2.75) is 18.9 Å². The van der Waals surface area contributed by atoms with Crippen LogP contribution >= 0.6 is 0 Å². The van der Waals surface area contributed by atoms with E-state index in [1.165, 1.54) is 0 Å². The Morgan fingerprint density at radius 1 is 1.21 bits per heavy atom. The van der Waals surface area contributed by atoms with Gasteiger partial charge in [-0.1, -0.05) is 42.5 Å². The largest absolute Gasteiger partial charge is 0.354 e. The molecule has 0 aliphatic carbocycles. The van der Waals surface area contributed by atoms with Gasteiger partial charge in [-0.25, -0.2) is 0 Å². The third-order valence-electron chi connectivity index (χ3n) is 3.00. The van der Waals surface area contributed by atoms with E-state index in [2.05, 4.69) is 18.5 Å². The van der Waals surface area contributed by atoms with Crippen LogP contribution in [-0.4, -0.2) is 12.5 Å². The summed E-state index contributed by atoms with van der Waals surface area (Å²) in [5, 5.41) is 2.89. The number of allylic oxidation sites excluding steroid dienone is 2. The Morgan fingerprint density at radius 3 is 2.32 bits per heavy atom. The number of hydrogen-bond acceptors (Lipinski definition) is 2. The lowest BCUT2D eigenvalue weighted by molar-refractivity contribution is -0.124. The first-order valence-corrected chi connectivity index (χ1v) is 6.49. The third kappa shape index (κ3) is 5.10. The Morgan fingerprint density at radius 2 is 1.79 bits per heavy atom. The van der Waals surface area contributed by atoms with E-state index in [9.17, 15) is 4.79 Å². The van der Waals surface area contributed by atoms with E-state index in [1.807, 2.05) is 30.3 Å². The van der Waals surface area contributed by atoms with E-state index in [0.717, 1.165) is 5.56 Å². The Hall–Kier alpha value is -1.87. The normalized spacial score (nSPS) is 11.9. The highest BCUT2D eigenvalue weighted by Gasteiger charge is 2.16. The molecule has 0 radical (unpaired) electrons. The van der Waals surface area contributed by atoms with Gasteiger partial charge < -0.3 is 11.1 Å². The third-order valence-corrected chi connectivity index (χ3v) is 3.00. The Balaban J connectivity index is 2.48. The number of hydrogen-bond donors (Lipinski definition) is 2. The molecule has 1 aromatic carbocycles. The molecule has 0 aliphatic heterocycles. The molecule has 1 unspecified atom stereocenters. The van der Waals surface area contributed by atoms with Gasteiger partial charge in [0, 0.05) is 18.5 Å². The van der Waals surface area contributed by atoms with Crippen molar-refractivity contribution in [2.24, 2.45) is 11.7 Å². The fraction of sp³-hybridized carbons (Fsp3) is 0.312. The molecule has 102 valence electrons. The van der Waals surface area contributed by atoms with Crippen LogP contribution < -0.4 is 11.1 Å². The molecular formula is C16H22N2O. The van der Waals surface area contributed by atoms with Crippen LogP contribution in [-0.2, 0) is 4.79 Å². The van der Waals surface area contributed by atoms with Gasteiger partial charge >= 0.3 is 0 Å². The number of nitrogens with two attached hydrogens (primary N) is 1.